The van der Waals surface area contributed by atoms with Crippen molar-refractivity contribution in [3.63, 3.8) is 0 Å². The van der Waals surface area contributed by atoms with Crippen LogP contribution in [-0.4, -0.2) is 32.1 Å². The second-order valence-corrected chi connectivity index (χ2v) is 6.08. The highest BCUT2D eigenvalue weighted by molar-refractivity contribution is 9.10. The van der Waals surface area contributed by atoms with Crippen molar-refractivity contribution in [2.45, 2.75) is 19.4 Å². The van der Waals surface area contributed by atoms with Crippen molar-refractivity contribution in [2.75, 3.05) is 27.2 Å². The Bertz CT molecular complexity index is 536. The third kappa shape index (κ3) is 4.06. The van der Waals surface area contributed by atoms with Crippen LogP contribution in [0.3, 0.4) is 0 Å². The van der Waals surface area contributed by atoms with E-state index in [4.69, 9.17) is 4.42 Å². The minimum atomic E-state index is 0.244. The minimum absolute atomic E-state index is 0.244. The van der Waals surface area contributed by atoms with Crippen LogP contribution in [0.5, 0.6) is 0 Å². The van der Waals surface area contributed by atoms with Gasteiger partial charge in [-0.1, -0.05) is 15.9 Å². The molecule has 19 heavy (non-hydrogen) atoms. The van der Waals surface area contributed by atoms with E-state index >= 15 is 0 Å². The lowest BCUT2D eigenvalue weighted by Crippen LogP contribution is -2.23. The molecule has 104 valence electrons. The number of nitrogens with zero attached hydrogens (tertiary/aromatic N) is 1. The van der Waals surface area contributed by atoms with Crippen molar-refractivity contribution >= 4 is 26.9 Å². The van der Waals surface area contributed by atoms with E-state index in [0.717, 1.165) is 40.7 Å². The number of fused-ring (bicyclic) bond motifs is 1. The van der Waals surface area contributed by atoms with Gasteiger partial charge in [0.2, 0.25) is 0 Å². The lowest BCUT2D eigenvalue weighted by molar-refractivity contribution is 0.380. The van der Waals surface area contributed by atoms with Crippen LogP contribution in [0.4, 0.5) is 0 Å². The first-order valence-electron chi connectivity index (χ1n) is 6.63. The van der Waals surface area contributed by atoms with Crippen molar-refractivity contribution in [3.8, 4) is 0 Å². The van der Waals surface area contributed by atoms with E-state index in [9.17, 15) is 0 Å². The molecule has 0 radical (unpaired) electrons. The summed E-state index contributed by atoms with van der Waals surface area (Å²) in [4.78, 5) is 2.20. The average Bonchev–Trinajstić information content (AvgIpc) is 2.77. The molecule has 0 saturated heterocycles. The molecule has 2 rings (SSSR count). The number of benzene rings is 1. The maximum Gasteiger partial charge on any atom is 0.134 e. The van der Waals surface area contributed by atoms with Gasteiger partial charge in [0.15, 0.2) is 0 Å². The third-order valence-corrected chi connectivity index (χ3v) is 3.65. The van der Waals surface area contributed by atoms with Gasteiger partial charge in [-0.05, 0) is 64.8 Å². The molecule has 0 saturated carbocycles. The quantitative estimate of drug-likeness (QED) is 0.819. The van der Waals surface area contributed by atoms with Crippen LogP contribution in [-0.2, 0) is 0 Å². The fourth-order valence-corrected chi connectivity index (χ4v) is 2.44. The first-order chi connectivity index (χ1) is 9.06. The van der Waals surface area contributed by atoms with Crippen LogP contribution in [0.1, 0.15) is 25.1 Å². The Morgan fingerprint density at radius 1 is 1.32 bits per heavy atom. The first-order valence-corrected chi connectivity index (χ1v) is 7.42. The summed E-state index contributed by atoms with van der Waals surface area (Å²) in [6, 6.07) is 8.45. The summed E-state index contributed by atoms with van der Waals surface area (Å²) >= 11 is 3.48. The number of hydrogen-bond acceptors (Lipinski definition) is 3. The molecule has 1 heterocycles. The Hall–Kier alpha value is -0.840. The molecule has 0 bridgehead atoms. The van der Waals surface area contributed by atoms with Crippen molar-refractivity contribution < 1.29 is 4.42 Å². The molecule has 1 aromatic heterocycles. The summed E-state index contributed by atoms with van der Waals surface area (Å²) in [7, 11) is 4.20. The Labute approximate surface area is 123 Å². The number of hydrogen-bond donors (Lipinski definition) is 1. The molecule has 0 amide bonds. The molecule has 0 spiro atoms. The monoisotopic (exact) mass is 324 g/mol. The van der Waals surface area contributed by atoms with E-state index in [-0.39, 0.29) is 6.04 Å². The van der Waals surface area contributed by atoms with E-state index in [1.54, 1.807) is 0 Å². The third-order valence-electron chi connectivity index (χ3n) is 3.16. The number of nitrogens with one attached hydrogen (secondary N) is 1. The molecule has 4 heteroatoms. The Morgan fingerprint density at radius 2 is 2.11 bits per heavy atom. The molecule has 1 unspecified atom stereocenters. The minimum Gasteiger partial charge on any atom is -0.459 e. The normalized spacial score (nSPS) is 13.3. The molecule has 3 nitrogen and oxygen atoms in total. The van der Waals surface area contributed by atoms with E-state index in [1.165, 1.54) is 0 Å². The Morgan fingerprint density at radius 3 is 2.84 bits per heavy atom. The average molecular weight is 325 g/mol. The van der Waals surface area contributed by atoms with Crippen LogP contribution < -0.4 is 5.32 Å². The molecular formula is C15H21BrN2O. The molecule has 1 atom stereocenters. The lowest BCUT2D eigenvalue weighted by atomic mass is 10.2. The summed E-state index contributed by atoms with van der Waals surface area (Å²) in [5, 5.41) is 4.64. The zero-order valence-electron chi connectivity index (χ0n) is 11.7. The smallest absolute Gasteiger partial charge is 0.134 e. The topological polar surface area (TPSA) is 28.4 Å². The highest BCUT2D eigenvalue weighted by atomic mass is 79.9. The van der Waals surface area contributed by atoms with Crippen molar-refractivity contribution in [2.24, 2.45) is 0 Å². The summed E-state index contributed by atoms with van der Waals surface area (Å²) in [6.45, 7) is 4.25. The van der Waals surface area contributed by atoms with Crippen molar-refractivity contribution in [1.29, 1.82) is 0 Å². The van der Waals surface area contributed by atoms with Crippen LogP contribution in [0, 0.1) is 0 Å². The molecular weight excluding hydrogens is 304 g/mol. The molecule has 0 aliphatic carbocycles. The molecule has 1 N–H and O–H groups in total. The van der Waals surface area contributed by atoms with Crippen molar-refractivity contribution in [3.05, 3.63) is 34.5 Å². The van der Waals surface area contributed by atoms with Crippen LogP contribution in [0.25, 0.3) is 11.0 Å². The zero-order chi connectivity index (χ0) is 13.8. The van der Waals surface area contributed by atoms with Crippen molar-refractivity contribution in [1.82, 2.24) is 10.2 Å². The van der Waals surface area contributed by atoms with Gasteiger partial charge in [-0.15, -0.1) is 0 Å². The van der Waals surface area contributed by atoms with Gasteiger partial charge in [0.1, 0.15) is 11.3 Å². The lowest BCUT2D eigenvalue weighted by Gasteiger charge is -2.13. The van der Waals surface area contributed by atoms with Gasteiger partial charge in [0, 0.05) is 9.86 Å². The summed E-state index contributed by atoms with van der Waals surface area (Å²) in [6.07, 6.45) is 1.14. The second-order valence-electron chi connectivity index (χ2n) is 5.16. The summed E-state index contributed by atoms with van der Waals surface area (Å²) in [5.74, 6) is 0.998. The zero-order valence-corrected chi connectivity index (χ0v) is 13.3. The molecule has 0 aliphatic rings. The van der Waals surface area contributed by atoms with Gasteiger partial charge in [-0.25, -0.2) is 0 Å². The summed E-state index contributed by atoms with van der Waals surface area (Å²) < 4.78 is 6.95. The highest BCUT2D eigenvalue weighted by Gasteiger charge is 2.10. The van der Waals surface area contributed by atoms with E-state index in [0.29, 0.717) is 0 Å². The second kappa shape index (κ2) is 6.55. The van der Waals surface area contributed by atoms with Gasteiger partial charge >= 0.3 is 0 Å². The Balaban J connectivity index is 1.95. The van der Waals surface area contributed by atoms with Crippen LogP contribution >= 0.6 is 15.9 Å². The van der Waals surface area contributed by atoms with E-state index < -0.39 is 0 Å². The molecule has 0 fully saturated rings. The fourth-order valence-electron chi connectivity index (χ4n) is 2.06. The number of furan rings is 1. The maximum atomic E-state index is 5.87. The predicted octanol–water partition coefficient (Wildman–Crippen LogP) is 3.80. The Kier molecular flexibility index (Phi) is 5.02. The highest BCUT2D eigenvalue weighted by Crippen LogP contribution is 2.26. The van der Waals surface area contributed by atoms with E-state index in [2.05, 4.69) is 59.3 Å². The van der Waals surface area contributed by atoms with E-state index in [1.807, 2.05) is 12.1 Å². The largest absolute Gasteiger partial charge is 0.459 e. The van der Waals surface area contributed by atoms with Crippen LogP contribution in [0.15, 0.2) is 33.2 Å². The van der Waals surface area contributed by atoms with Gasteiger partial charge in [-0.3, -0.25) is 0 Å². The standard InChI is InChI=1S/C15H21BrN2O/c1-11(17-7-4-8-18(2)3)15-10-12-9-13(16)5-6-14(12)19-15/h5-6,9-11,17H,4,7-8H2,1-3H3. The summed E-state index contributed by atoms with van der Waals surface area (Å²) in [5.41, 5.74) is 0.945. The maximum absolute atomic E-state index is 5.87. The molecule has 2 aromatic rings. The fraction of sp³-hybridized carbons (Fsp3) is 0.467. The first kappa shape index (κ1) is 14.6. The van der Waals surface area contributed by atoms with Gasteiger partial charge in [-0.2, -0.15) is 0 Å². The SMILES string of the molecule is CC(NCCCN(C)C)c1cc2cc(Br)ccc2o1. The van der Waals surface area contributed by atoms with Gasteiger partial charge in [0.25, 0.3) is 0 Å². The number of halogens is 1. The van der Waals surface area contributed by atoms with Crippen LogP contribution in [0.2, 0.25) is 0 Å². The van der Waals surface area contributed by atoms with Gasteiger partial charge < -0.3 is 14.6 Å². The predicted molar refractivity (Wildman–Crippen MR) is 83.5 cm³/mol. The molecule has 0 aliphatic heterocycles. The number of rotatable bonds is 6. The molecule has 1 aromatic carbocycles. The van der Waals surface area contributed by atoms with Gasteiger partial charge in [0.05, 0.1) is 6.04 Å².